The highest BCUT2D eigenvalue weighted by molar-refractivity contribution is 5.75. The van der Waals surface area contributed by atoms with Gasteiger partial charge in [0.2, 0.25) is 0 Å². The summed E-state index contributed by atoms with van der Waals surface area (Å²) in [5, 5.41) is 0. The molecule has 0 aromatic heterocycles. The van der Waals surface area contributed by atoms with Gasteiger partial charge in [0.25, 0.3) is 0 Å². The number of piperidine rings is 1. The quantitative estimate of drug-likeness (QED) is 0.832. The van der Waals surface area contributed by atoms with E-state index in [9.17, 15) is 4.79 Å². The summed E-state index contributed by atoms with van der Waals surface area (Å²) < 4.78 is 0. The Balaban J connectivity index is 1.81. The van der Waals surface area contributed by atoms with Crippen molar-refractivity contribution in [3.63, 3.8) is 0 Å². The average molecular weight is 286 g/mol. The Hall–Kier alpha value is -1.51. The Bertz CT molecular complexity index is 514. The maximum atomic E-state index is 12.9. The molecule has 2 aliphatic rings. The molecular formula is C18H26N2O. The summed E-state index contributed by atoms with van der Waals surface area (Å²) in [7, 11) is 0. The summed E-state index contributed by atoms with van der Waals surface area (Å²) in [6.07, 6.45) is 4.42. The van der Waals surface area contributed by atoms with Crippen molar-refractivity contribution in [2.24, 2.45) is 0 Å². The molecule has 3 heteroatoms. The lowest BCUT2D eigenvalue weighted by Crippen LogP contribution is -2.52. The molecule has 2 amide bonds. The number of nitrogens with zero attached hydrogens (tertiary/aromatic N) is 2. The second-order valence-electron chi connectivity index (χ2n) is 6.27. The van der Waals surface area contributed by atoms with Crippen LogP contribution in [0.1, 0.15) is 50.2 Å². The summed E-state index contributed by atoms with van der Waals surface area (Å²) in [6, 6.07) is 9.39. The summed E-state index contributed by atoms with van der Waals surface area (Å²) >= 11 is 0. The van der Waals surface area contributed by atoms with E-state index in [1.807, 2.05) is 4.90 Å². The number of hydrogen-bond acceptors (Lipinski definition) is 1. The first-order valence-corrected chi connectivity index (χ1v) is 8.39. The lowest BCUT2D eigenvalue weighted by atomic mass is 9.89. The van der Waals surface area contributed by atoms with E-state index in [0.717, 1.165) is 38.9 Å². The highest BCUT2D eigenvalue weighted by atomic mass is 16.2. The maximum Gasteiger partial charge on any atom is 0.320 e. The van der Waals surface area contributed by atoms with Crippen molar-refractivity contribution in [1.82, 2.24) is 9.80 Å². The maximum absolute atomic E-state index is 12.9. The van der Waals surface area contributed by atoms with Crippen LogP contribution in [0.2, 0.25) is 0 Å². The fraction of sp³-hybridized carbons (Fsp3) is 0.611. The minimum atomic E-state index is 0.252. The average Bonchev–Trinajstić information content (AvgIpc) is 2.90. The van der Waals surface area contributed by atoms with E-state index in [-0.39, 0.29) is 6.03 Å². The van der Waals surface area contributed by atoms with Crippen LogP contribution in [0.5, 0.6) is 0 Å². The van der Waals surface area contributed by atoms with Crippen molar-refractivity contribution in [3.05, 3.63) is 35.4 Å². The molecule has 3 rings (SSSR count). The Kier molecular flexibility index (Phi) is 4.18. The van der Waals surface area contributed by atoms with Gasteiger partial charge in [0.15, 0.2) is 0 Å². The van der Waals surface area contributed by atoms with Crippen LogP contribution < -0.4 is 0 Å². The zero-order valence-corrected chi connectivity index (χ0v) is 13.2. The van der Waals surface area contributed by atoms with Gasteiger partial charge in [-0.25, -0.2) is 4.79 Å². The molecule has 1 fully saturated rings. The summed E-state index contributed by atoms with van der Waals surface area (Å²) in [5.41, 5.74) is 2.93. The van der Waals surface area contributed by atoms with Gasteiger partial charge >= 0.3 is 6.03 Å². The van der Waals surface area contributed by atoms with E-state index in [2.05, 4.69) is 43.0 Å². The molecule has 1 aliphatic heterocycles. The van der Waals surface area contributed by atoms with Crippen LogP contribution in [-0.2, 0) is 6.42 Å². The highest BCUT2D eigenvalue weighted by Gasteiger charge is 2.41. The van der Waals surface area contributed by atoms with Crippen molar-refractivity contribution < 1.29 is 4.79 Å². The zero-order chi connectivity index (χ0) is 14.8. The molecule has 0 bridgehead atoms. The fourth-order valence-electron chi connectivity index (χ4n) is 4.06. The van der Waals surface area contributed by atoms with Crippen LogP contribution >= 0.6 is 0 Å². The Morgan fingerprint density at radius 3 is 2.90 bits per heavy atom. The van der Waals surface area contributed by atoms with Crippen molar-refractivity contribution >= 4 is 6.03 Å². The minimum absolute atomic E-state index is 0.252. The summed E-state index contributed by atoms with van der Waals surface area (Å²) in [5.74, 6) is 0.555. The molecule has 1 heterocycles. The van der Waals surface area contributed by atoms with E-state index in [4.69, 9.17) is 0 Å². The number of urea groups is 1. The molecule has 114 valence electrons. The number of rotatable bonds is 3. The number of hydrogen-bond donors (Lipinski definition) is 0. The molecule has 1 aliphatic carbocycles. The fourth-order valence-corrected chi connectivity index (χ4v) is 4.06. The van der Waals surface area contributed by atoms with Gasteiger partial charge in [-0.15, -0.1) is 0 Å². The van der Waals surface area contributed by atoms with Gasteiger partial charge < -0.3 is 9.80 Å². The number of benzene rings is 1. The van der Waals surface area contributed by atoms with Crippen molar-refractivity contribution in [2.75, 3.05) is 19.6 Å². The molecular weight excluding hydrogens is 260 g/mol. The Labute approximate surface area is 127 Å². The van der Waals surface area contributed by atoms with Crippen molar-refractivity contribution in [1.29, 1.82) is 0 Å². The number of likely N-dealkylation sites (tertiary alicyclic amines) is 1. The molecule has 0 N–H and O–H groups in total. The lowest BCUT2D eigenvalue weighted by Gasteiger charge is -2.40. The first-order chi connectivity index (χ1) is 10.3. The molecule has 2 atom stereocenters. The number of fused-ring (bicyclic) bond motifs is 3. The van der Waals surface area contributed by atoms with Crippen molar-refractivity contribution in [2.45, 2.75) is 51.5 Å². The van der Waals surface area contributed by atoms with Crippen LogP contribution in [0.4, 0.5) is 4.79 Å². The first-order valence-electron chi connectivity index (χ1n) is 8.39. The molecule has 3 nitrogen and oxygen atoms in total. The monoisotopic (exact) mass is 286 g/mol. The number of carbonyl (C=O) groups excluding carboxylic acids is 1. The predicted molar refractivity (Wildman–Crippen MR) is 85.5 cm³/mol. The topological polar surface area (TPSA) is 23.6 Å². The van der Waals surface area contributed by atoms with Gasteiger partial charge in [0.1, 0.15) is 0 Å². The van der Waals surface area contributed by atoms with Gasteiger partial charge in [-0.1, -0.05) is 31.2 Å². The Morgan fingerprint density at radius 1 is 1.33 bits per heavy atom. The summed E-state index contributed by atoms with van der Waals surface area (Å²) in [6.45, 7) is 6.83. The third-order valence-electron chi connectivity index (χ3n) is 5.05. The number of amides is 2. The zero-order valence-electron chi connectivity index (χ0n) is 13.2. The largest absolute Gasteiger partial charge is 0.325 e. The highest BCUT2D eigenvalue weighted by Crippen LogP contribution is 2.42. The second kappa shape index (κ2) is 6.08. The van der Waals surface area contributed by atoms with Gasteiger partial charge in [0, 0.05) is 31.6 Å². The van der Waals surface area contributed by atoms with Crippen LogP contribution in [-0.4, -0.2) is 41.5 Å². The van der Waals surface area contributed by atoms with Crippen LogP contribution in [0.3, 0.4) is 0 Å². The molecule has 1 aromatic carbocycles. The third kappa shape index (κ3) is 2.54. The minimum Gasteiger partial charge on any atom is -0.325 e. The molecule has 0 radical (unpaired) electrons. The van der Waals surface area contributed by atoms with Gasteiger partial charge in [0.05, 0.1) is 0 Å². The van der Waals surface area contributed by atoms with E-state index >= 15 is 0 Å². The standard InChI is InChI=1S/C18H26N2O/c1-3-11-19(4-2)18(21)20-12-7-10-16-15-9-6-5-8-14(15)13-17(16)20/h5-6,8-9,16-17H,3-4,7,10-13H2,1-2H3/t16-,17+/m0/s1. The van der Waals surface area contributed by atoms with Gasteiger partial charge in [-0.3, -0.25) is 0 Å². The molecule has 0 unspecified atom stereocenters. The third-order valence-corrected chi connectivity index (χ3v) is 5.05. The SMILES string of the molecule is CCCN(CC)C(=O)N1CCC[C@H]2c3ccccc3C[C@H]21. The van der Waals surface area contributed by atoms with Crippen LogP contribution in [0.15, 0.2) is 24.3 Å². The van der Waals surface area contributed by atoms with E-state index in [1.165, 1.54) is 17.5 Å². The molecule has 0 saturated carbocycles. The molecule has 1 saturated heterocycles. The number of carbonyl (C=O) groups is 1. The molecule has 21 heavy (non-hydrogen) atoms. The van der Waals surface area contributed by atoms with Crippen molar-refractivity contribution in [3.8, 4) is 0 Å². The second-order valence-corrected chi connectivity index (χ2v) is 6.27. The molecule has 1 aromatic rings. The van der Waals surface area contributed by atoms with Crippen LogP contribution in [0, 0.1) is 0 Å². The predicted octanol–water partition coefficient (Wildman–Crippen LogP) is 3.64. The van der Waals surface area contributed by atoms with Crippen LogP contribution in [0.25, 0.3) is 0 Å². The van der Waals surface area contributed by atoms with E-state index in [0.29, 0.717) is 12.0 Å². The lowest BCUT2D eigenvalue weighted by molar-refractivity contribution is 0.112. The van der Waals surface area contributed by atoms with Gasteiger partial charge in [-0.05, 0) is 43.7 Å². The normalized spacial score (nSPS) is 23.6. The van der Waals surface area contributed by atoms with Gasteiger partial charge in [-0.2, -0.15) is 0 Å². The Morgan fingerprint density at radius 2 is 2.14 bits per heavy atom. The van der Waals surface area contributed by atoms with E-state index in [1.54, 1.807) is 0 Å². The van der Waals surface area contributed by atoms with E-state index < -0.39 is 0 Å². The summed E-state index contributed by atoms with van der Waals surface area (Å²) in [4.78, 5) is 17.0. The molecule has 0 spiro atoms. The first kappa shape index (κ1) is 14.4. The smallest absolute Gasteiger partial charge is 0.320 e.